The molecule has 0 amide bonds. The number of hydrogen-bond acceptors (Lipinski definition) is 3. The van der Waals surface area contributed by atoms with Crippen LogP contribution in [0.5, 0.6) is 23.0 Å². The number of nitrogens with zero attached hydrogens (tertiary/aromatic N) is 1. The summed E-state index contributed by atoms with van der Waals surface area (Å²) >= 11 is 0. The monoisotopic (exact) mass is 915 g/mol. The zero-order valence-electron chi connectivity index (χ0n) is 41.0. The molecule has 0 saturated carbocycles. The third kappa shape index (κ3) is 5.66. The second-order valence-electron chi connectivity index (χ2n) is 22.0. The minimum Gasteiger partial charge on any atom is -0.457 e. The first-order valence-electron chi connectivity index (χ1n) is 25.1. The third-order valence-electron chi connectivity index (χ3n) is 16.1. The molecule has 4 aliphatic rings. The molecule has 2 aliphatic heterocycles. The van der Waals surface area contributed by atoms with Gasteiger partial charge in [-0.15, -0.1) is 0 Å². The quantitative estimate of drug-likeness (QED) is 0.176. The number of anilines is 3. The van der Waals surface area contributed by atoms with E-state index in [1.165, 1.54) is 77.5 Å². The molecule has 2 spiro atoms. The number of ether oxygens (including phenoxy) is 2. The van der Waals surface area contributed by atoms with E-state index in [2.05, 4.69) is 259 Å². The Labute approximate surface area is 416 Å². The van der Waals surface area contributed by atoms with E-state index in [1.807, 2.05) is 0 Å². The second-order valence-corrected chi connectivity index (χ2v) is 22.0. The van der Waals surface area contributed by atoms with Crippen molar-refractivity contribution < 1.29 is 9.47 Å². The molecule has 10 aromatic rings. The first-order valence-corrected chi connectivity index (χ1v) is 25.1. The van der Waals surface area contributed by atoms with Crippen molar-refractivity contribution in [2.45, 2.75) is 63.2 Å². The maximum atomic E-state index is 7.05. The van der Waals surface area contributed by atoms with Crippen LogP contribution in [0.4, 0.5) is 17.1 Å². The average molecular weight is 916 g/mol. The Hall–Kier alpha value is -8.14. The highest BCUT2D eigenvalue weighted by Crippen LogP contribution is 2.66. The second kappa shape index (κ2) is 14.7. The molecule has 0 fully saturated rings. The summed E-state index contributed by atoms with van der Waals surface area (Å²) in [7, 11) is 0. The molecule has 3 nitrogen and oxygen atoms in total. The predicted octanol–water partition coefficient (Wildman–Crippen LogP) is 17.8. The summed E-state index contributed by atoms with van der Waals surface area (Å²) in [5.41, 5.74) is 19.0. The number of fused-ring (bicyclic) bond motifs is 19. The molecule has 2 aliphatic carbocycles. The predicted molar refractivity (Wildman–Crippen MR) is 291 cm³/mol. The molecule has 0 atom stereocenters. The molecule has 71 heavy (non-hydrogen) atoms. The van der Waals surface area contributed by atoms with Gasteiger partial charge >= 0.3 is 0 Å². The van der Waals surface area contributed by atoms with Gasteiger partial charge in [0.15, 0.2) is 0 Å². The molecule has 3 heteroatoms. The number of para-hydroxylation sites is 2. The summed E-state index contributed by atoms with van der Waals surface area (Å²) in [6.07, 6.45) is 0. The molecule has 14 rings (SSSR count). The van der Waals surface area contributed by atoms with Gasteiger partial charge < -0.3 is 14.4 Å². The molecule has 0 unspecified atom stereocenters. The summed E-state index contributed by atoms with van der Waals surface area (Å²) in [5.74, 6) is 3.56. The standard InChI is InChI=1S/C68H53NO2/c1-65(2,3)43-33-37-62-56(39-43)68(57-40-44(66(4,5)6)34-38-63(57)71-62)51-25-12-10-23-49(51)64-54(68)28-18-30-59(64)69(58-29-17-20-42-19-7-8-21-46(42)58)45-35-36-48-47-22-9-11-24-50(47)67(55(48)41-45)52-26-13-15-31-60(52)70-61-32-16-14-27-53(61)67/h7-41H,1-6H3. The first kappa shape index (κ1) is 41.8. The lowest BCUT2D eigenvalue weighted by atomic mass is 9.64. The maximum Gasteiger partial charge on any atom is 0.132 e. The SMILES string of the molecule is CC(C)(C)c1ccc2c(c1)C1(c3cc(C(C)(C)C)ccc3O2)c2ccccc2-c2c(N(c3ccc4c(c3)C3(c5ccccc5Oc5ccccc53)c3ccccc3-4)c3cccc4ccccc34)cccc21. The van der Waals surface area contributed by atoms with Gasteiger partial charge in [-0.25, -0.2) is 0 Å². The van der Waals surface area contributed by atoms with Crippen LogP contribution in [-0.2, 0) is 21.7 Å². The van der Waals surface area contributed by atoms with E-state index < -0.39 is 10.8 Å². The third-order valence-corrected chi connectivity index (χ3v) is 16.1. The van der Waals surface area contributed by atoms with Crippen LogP contribution in [-0.4, -0.2) is 0 Å². The Morgan fingerprint density at radius 1 is 0.338 bits per heavy atom. The van der Waals surface area contributed by atoms with Gasteiger partial charge in [-0.05, 0) is 127 Å². The van der Waals surface area contributed by atoms with Crippen LogP contribution >= 0.6 is 0 Å². The average Bonchev–Trinajstić information content (AvgIpc) is 3.84. The Balaban J connectivity index is 1.10. The van der Waals surface area contributed by atoms with Gasteiger partial charge in [0, 0.05) is 38.9 Å². The van der Waals surface area contributed by atoms with E-state index in [0.29, 0.717) is 0 Å². The van der Waals surface area contributed by atoms with Crippen LogP contribution in [0.3, 0.4) is 0 Å². The summed E-state index contributed by atoms with van der Waals surface area (Å²) in [6.45, 7) is 13.9. The minimum absolute atomic E-state index is 0.0895. The van der Waals surface area contributed by atoms with E-state index >= 15 is 0 Å². The van der Waals surface area contributed by atoms with Gasteiger partial charge in [-0.3, -0.25) is 0 Å². The fourth-order valence-corrected chi connectivity index (χ4v) is 12.9. The van der Waals surface area contributed by atoms with Crippen molar-refractivity contribution in [1.82, 2.24) is 0 Å². The zero-order chi connectivity index (χ0) is 48.0. The van der Waals surface area contributed by atoms with Crippen molar-refractivity contribution in [2.24, 2.45) is 0 Å². The van der Waals surface area contributed by atoms with Crippen molar-refractivity contribution in [1.29, 1.82) is 0 Å². The topological polar surface area (TPSA) is 21.7 Å². The van der Waals surface area contributed by atoms with Gasteiger partial charge in [0.25, 0.3) is 0 Å². The van der Waals surface area contributed by atoms with Crippen LogP contribution in [0.1, 0.15) is 97.2 Å². The van der Waals surface area contributed by atoms with Crippen LogP contribution in [0.2, 0.25) is 0 Å². The highest BCUT2D eigenvalue weighted by Gasteiger charge is 2.54. The van der Waals surface area contributed by atoms with Crippen LogP contribution in [0, 0.1) is 0 Å². The normalized spacial score (nSPS) is 14.8. The highest BCUT2D eigenvalue weighted by atomic mass is 16.5. The van der Waals surface area contributed by atoms with E-state index in [4.69, 9.17) is 9.47 Å². The Kier molecular flexibility index (Phi) is 8.65. The fourth-order valence-electron chi connectivity index (χ4n) is 12.9. The van der Waals surface area contributed by atoms with Crippen molar-refractivity contribution in [3.63, 3.8) is 0 Å². The summed E-state index contributed by atoms with van der Waals surface area (Å²) in [6, 6.07) is 79.2. The molecule has 0 radical (unpaired) electrons. The fraction of sp³-hybridized carbons (Fsp3) is 0.147. The molecule has 10 aromatic carbocycles. The van der Waals surface area contributed by atoms with Crippen molar-refractivity contribution >= 4 is 27.8 Å². The van der Waals surface area contributed by atoms with Gasteiger partial charge in [0.1, 0.15) is 23.0 Å². The number of hydrogen-bond donors (Lipinski definition) is 0. The van der Waals surface area contributed by atoms with Crippen molar-refractivity contribution in [3.8, 4) is 45.3 Å². The van der Waals surface area contributed by atoms with Crippen LogP contribution in [0.25, 0.3) is 33.0 Å². The Bertz CT molecular complexity index is 3770. The largest absolute Gasteiger partial charge is 0.457 e. The smallest absolute Gasteiger partial charge is 0.132 e. The molecule has 342 valence electrons. The highest BCUT2D eigenvalue weighted by molar-refractivity contribution is 6.04. The summed E-state index contributed by atoms with van der Waals surface area (Å²) < 4.78 is 13.8. The van der Waals surface area contributed by atoms with E-state index in [1.54, 1.807) is 0 Å². The van der Waals surface area contributed by atoms with E-state index in [0.717, 1.165) is 51.2 Å². The van der Waals surface area contributed by atoms with Crippen molar-refractivity contribution in [2.75, 3.05) is 4.90 Å². The molecular weight excluding hydrogens is 863 g/mol. The molecule has 0 aromatic heterocycles. The minimum atomic E-state index is -0.684. The number of rotatable bonds is 3. The maximum absolute atomic E-state index is 7.05. The molecular formula is C68H53NO2. The van der Waals surface area contributed by atoms with Crippen LogP contribution < -0.4 is 14.4 Å². The van der Waals surface area contributed by atoms with Gasteiger partial charge in [-0.2, -0.15) is 0 Å². The summed E-state index contributed by atoms with van der Waals surface area (Å²) in [4.78, 5) is 2.56. The summed E-state index contributed by atoms with van der Waals surface area (Å²) in [5, 5.41) is 2.37. The lowest BCUT2D eigenvalue weighted by Gasteiger charge is -2.41. The molecule has 0 saturated heterocycles. The molecule has 2 heterocycles. The molecule has 0 bridgehead atoms. The Morgan fingerprint density at radius 3 is 1.45 bits per heavy atom. The lowest BCUT2D eigenvalue weighted by Crippen LogP contribution is -2.33. The lowest BCUT2D eigenvalue weighted by molar-refractivity contribution is 0.433. The van der Waals surface area contributed by atoms with Gasteiger partial charge in [0.2, 0.25) is 0 Å². The van der Waals surface area contributed by atoms with E-state index in [9.17, 15) is 0 Å². The Morgan fingerprint density at radius 2 is 0.803 bits per heavy atom. The number of benzene rings is 10. The van der Waals surface area contributed by atoms with E-state index in [-0.39, 0.29) is 10.8 Å². The van der Waals surface area contributed by atoms with Gasteiger partial charge in [0.05, 0.1) is 22.2 Å². The van der Waals surface area contributed by atoms with Crippen LogP contribution in [0.15, 0.2) is 212 Å². The molecule has 0 N–H and O–H groups in total. The first-order chi connectivity index (χ1) is 34.5. The van der Waals surface area contributed by atoms with Crippen molar-refractivity contribution in [3.05, 3.63) is 268 Å². The van der Waals surface area contributed by atoms with Gasteiger partial charge in [-0.1, -0.05) is 193 Å². The zero-order valence-corrected chi connectivity index (χ0v) is 41.0.